The zero-order chi connectivity index (χ0) is 14.7. The number of thiazole rings is 1. The molecule has 0 aliphatic carbocycles. The third-order valence-corrected chi connectivity index (χ3v) is 4.80. The summed E-state index contributed by atoms with van der Waals surface area (Å²) < 4.78 is 5.23. The average molecular weight is 309 g/mol. The number of anilines is 1. The van der Waals surface area contributed by atoms with Gasteiger partial charge in [0.2, 0.25) is 0 Å². The highest BCUT2D eigenvalue weighted by Crippen LogP contribution is 2.27. The highest BCUT2D eigenvalue weighted by Gasteiger charge is 2.34. The lowest BCUT2D eigenvalue weighted by atomic mass is 10.2. The summed E-state index contributed by atoms with van der Waals surface area (Å²) in [5, 5.41) is 2.74. The monoisotopic (exact) mass is 309 g/mol. The molecule has 21 heavy (non-hydrogen) atoms. The predicted octanol–water partition coefficient (Wildman–Crippen LogP) is 1.28. The molecule has 6 nitrogen and oxygen atoms in total. The number of ether oxygens (including phenoxy) is 1. The van der Waals surface area contributed by atoms with Crippen molar-refractivity contribution in [3.8, 4) is 0 Å². The van der Waals surface area contributed by atoms with E-state index in [1.165, 1.54) is 11.3 Å². The van der Waals surface area contributed by atoms with Gasteiger partial charge < -0.3 is 14.5 Å². The van der Waals surface area contributed by atoms with Crippen LogP contribution in [0.25, 0.3) is 0 Å². The van der Waals surface area contributed by atoms with E-state index in [9.17, 15) is 9.59 Å². The molecule has 0 bridgehead atoms. The van der Waals surface area contributed by atoms with Gasteiger partial charge in [-0.2, -0.15) is 0 Å². The molecule has 114 valence electrons. The third-order valence-electron chi connectivity index (χ3n) is 3.99. The molecular weight excluding hydrogens is 290 g/mol. The maximum absolute atomic E-state index is 12.2. The molecule has 2 aliphatic heterocycles. The van der Waals surface area contributed by atoms with Gasteiger partial charge in [-0.1, -0.05) is 0 Å². The van der Waals surface area contributed by atoms with Crippen LogP contribution in [-0.2, 0) is 14.3 Å². The number of likely N-dealkylation sites (tertiary alicyclic amines) is 1. The summed E-state index contributed by atoms with van der Waals surface area (Å²) in [6.07, 6.45) is 5.52. The van der Waals surface area contributed by atoms with Crippen LogP contribution in [0.2, 0.25) is 0 Å². The number of esters is 1. The van der Waals surface area contributed by atoms with E-state index >= 15 is 0 Å². The summed E-state index contributed by atoms with van der Waals surface area (Å²) in [5.41, 5.74) is 0. The Morgan fingerprint density at radius 3 is 2.81 bits per heavy atom. The number of rotatable bonds is 4. The maximum Gasteiger partial charge on any atom is 0.329 e. The van der Waals surface area contributed by atoms with E-state index in [0.717, 1.165) is 50.4 Å². The third kappa shape index (κ3) is 3.18. The number of amides is 1. The smallest absolute Gasteiger partial charge is 0.329 e. The SMILES string of the molecule is O=C(OCC(=O)N1CCCC1)[C@@H]1CCCN1c1nccs1. The fourth-order valence-electron chi connectivity index (χ4n) is 2.89. The molecule has 3 rings (SSSR count). The minimum absolute atomic E-state index is 0.0837. The first-order valence-electron chi connectivity index (χ1n) is 7.36. The highest BCUT2D eigenvalue weighted by atomic mass is 32.1. The second kappa shape index (κ2) is 6.43. The summed E-state index contributed by atoms with van der Waals surface area (Å²) >= 11 is 1.52. The summed E-state index contributed by atoms with van der Waals surface area (Å²) in [4.78, 5) is 32.1. The van der Waals surface area contributed by atoms with Gasteiger partial charge in [-0.15, -0.1) is 11.3 Å². The second-order valence-electron chi connectivity index (χ2n) is 5.36. The zero-order valence-electron chi connectivity index (χ0n) is 11.9. The fourth-order valence-corrected chi connectivity index (χ4v) is 3.60. The van der Waals surface area contributed by atoms with Crippen molar-refractivity contribution in [2.24, 2.45) is 0 Å². The second-order valence-corrected chi connectivity index (χ2v) is 6.23. The quantitative estimate of drug-likeness (QED) is 0.784. The van der Waals surface area contributed by atoms with Gasteiger partial charge in [0.05, 0.1) is 0 Å². The van der Waals surface area contributed by atoms with Crippen molar-refractivity contribution in [3.63, 3.8) is 0 Å². The van der Waals surface area contributed by atoms with Crippen molar-refractivity contribution in [2.45, 2.75) is 31.7 Å². The summed E-state index contributed by atoms with van der Waals surface area (Å²) in [6.45, 7) is 2.24. The summed E-state index contributed by atoms with van der Waals surface area (Å²) in [6, 6.07) is -0.303. The minimum Gasteiger partial charge on any atom is -0.454 e. The lowest BCUT2D eigenvalue weighted by Gasteiger charge is -2.22. The molecule has 1 amide bonds. The molecule has 7 heteroatoms. The molecule has 0 saturated carbocycles. The van der Waals surface area contributed by atoms with Crippen LogP contribution < -0.4 is 4.90 Å². The van der Waals surface area contributed by atoms with E-state index in [0.29, 0.717) is 0 Å². The topological polar surface area (TPSA) is 62.7 Å². The van der Waals surface area contributed by atoms with Crippen LogP contribution in [0.1, 0.15) is 25.7 Å². The Morgan fingerprint density at radius 2 is 2.10 bits per heavy atom. The van der Waals surface area contributed by atoms with Crippen LogP contribution in [0.5, 0.6) is 0 Å². The average Bonchev–Trinajstić information content (AvgIpc) is 3.25. The Kier molecular flexibility index (Phi) is 4.38. The van der Waals surface area contributed by atoms with Crippen LogP contribution in [0.4, 0.5) is 5.13 Å². The van der Waals surface area contributed by atoms with Crippen molar-refractivity contribution in [1.82, 2.24) is 9.88 Å². The summed E-state index contributed by atoms with van der Waals surface area (Å²) in [5.74, 6) is -0.394. The van der Waals surface area contributed by atoms with Crippen molar-refractivity contribution >= 4 is 28.3 Å². The first-order valence-corrected chi connectivity index (χ1v) is 8.24. The van der Waals surface area contributed by atoms with Crippen LogP contribution in [0.15, 0.2) is 11.6 Å². The maximum atomic E-state index is 12.2. The van der Waals surface area contributed by atoms with Gasteiger partial charge in [0.1, 0.15) is 6.04 Å². The van der Waals surface area contributed by atoms with E-state index in [-0.39, 0.29) is 24.5 Å². The van der Waals surface area contributed by atoms with Crippen LogP contribution in [0.3, 0.4) is 0 Å². The Morgan fingerprint density at radius 1 is 1.29 bits per heavy atom. The molecule has 1 aromatic heterocycles. The van der Waals surface area contributed by atoms with E-state index in [1.807, 2.05) is 10.3 Å². The predicted molar refractivity (Wildman–Crippen MR) is 79.3 cm³/mol. The number of nitrogens with zero attached hydrogens (tertiary/aromatic N) is 3. The molecular formula is C14H19N3O3S. The lowest BCUT2D eigenvalue weighted by Crippen LogP contribution is -2.39. The van der Waals surface area contributed by atoms with Crippen molar-refractivity contribution in [2.75, 3.05) is 31.1 Å². The number of hydrogen-bond acceptors (Lipinski definition) is 6. The van der Waals surface area contributed by atoms with E-state index in [1.54, 1.807) is 11.1 Å². The number of carbonyl (C=O) groups excluding carboxylic acids is 2. The van der Waals surface area contributed by atoms with E-state index in [2.05, 4.69) is 4.98 Å². The van der Waals surface area contributed by atoms with Crippen molar-refractivity contribution in [3.05, 3.63) is 11.6 Å². The molecule has 0 aromatic carbocycles. The molecule has 2 fully saturated rings. The van der Waals surface area contributed by atoms with Gasteiger partial charge in [0.15, 0.2) is 11.7 Å². The van der Waals surface area contributed by atoms with Gasteiger partial charge in [0, 0.05) is 31.2 Å². The largest absolute Gasteiger partial charge is 0.454 e. The Bertz CT molecular complexity index is 500. The molecule has 3 heterocycles. The molecule has 0 N–H and O–H groups in total. The highest BCUT2D eigenvalue weighted by molar-refractivity contribution is 7.13. The van der Waals surface area contributed by atoms with Gasteiger partial charge in [0.25, 0.3) is 5.91 Å². The Labute approximate surface area is 127 Å². The van der Waals surface area contributed by atoms with Crippen molar-refractivity contribution in [1.29, 1.82) is 0 Å². The van der Waals surface area contributed by atoms with Gasteiger partial charge in [-0.05, 0) is 25.7 Å². The van der Waals surface area contributed by atoms with Gasteiger partial charge in [-0.3, -0.25) is 4.79 Å². The Balaban J connectivity index is 1.53. The molecule has 1 atom stereocenters. The van der Waals surface area contributed by atoms with Crippen molar-refractivity contribution < 1.29 is 14.3 Å². The van der Waals surface area contributed by atoms with Gasteiger partial charge in [-0.25, -0.2) is 9.78 Å². The fraction of sp³-hybridized carbons (Fsp3) is 0.643. The Hall–Kier alpha value is -1.63. The number of hydrogen-bond donors (Lipinski definition) is 0. The zero-order valence-corrected chi connectivity index (χ0v) is 12.7. The number of carbonyl (C=O) groups is 2. The lowest BCUT2D eigenvalue weighted by molar-refractivity contribution is -0.152. The molecule has 1 aromatic rings. The standard InChI is InChI=1S/C14H19N3O3S/c18-12(16-6-1-2-7-16)10-20-13(19)11-4-3-8-17(11)14-15-5-9-21-14/h5,9,11H,1-4,6-8,10H2/t11-/m0/s1. The van der Waals surface area contributed by atoms with Crippen LogP contribution >= 0.6 is 11.3 Å². The summed E-state index contributed by atoms with van der Waals surface area (Å²) in [7, 11) is 0. The van der Waals surface area contributed by atoms with E-state index < -0.39 is 0 Å². The van der Waals surface area contributed by atoms with E-state index in [4.69, 9.17) is 4.74 Å². The minimum atomic E-state index is -0.310. The van der Waals surface area contributed by atoms with Gasteiger partial charge >= 0.3 is 5.97 Å². The molecule has 0 spiro atoms. The molecule has 2 aliphatic rings. The first-order chi connectivity index (χ1) is 10.3. The first kappa shape index (κ1) is 14.3. The van der Waals surface area contributed by atoms with Crippen LogP contribution in [0, 0.1) is 0 Å². The molecule has 0 unspecified atom stereocenters. The molecule has 0 radical (unpaired) electrons. The van der Waals surface area contributed by atoms with Crippen LogP contribution in [-0.4, -0.2) is 54.0 Å². The number of aromatic nitrogens is 1. The molecule has 2 saturated heterocycles. The normalized spacial score (nSPS) is 21.8.